The number of esters is 2. The highest BCUT2D eigenvalue weighted by molar-refractivity contribution is 7.10. The van der Waals surface area contributed by atoms with Crippen molar-refractivity contribution in [2.24, 2.45) is 17.8 Å². The molecule has 0 aromatic carbocycles. The van der Waals surface area contributed by atoms with Gasteiger partial charge in [-0.05, 0) is 25.2 Å². The average Bonchev–Trinajstić information content (AvgIpc) is 3.38. The highest BCUT2D eigenvalue weighted by Gasteiger charge is 2.37. The molecule has 1 unspecified atom stereocenters. The SMILES string of the molecule is COC(=O)[C@@H](C)C[C@H](Cc1nccs1)NC(=O)c1csc([C@@H](CC(C(C)C)N(C)C(=O)C2CC2)OC(C)=O)n1. The molecule has 12 heteroatoms. The first kappa shape index (κ1) is 30.7. The zero-order valence-corrected chi connectivity index (χ0v) is 25.0. The summed E-state index contributed by atoms with van der Waals surface area (Å²) in [5.74, 6) is -1.29. The first-order chi connectivity index (χ1) is 18.5. The number of hydrogen-bond donors (Lipinski definition) is 1. The Hall–Kier alpha value is -2.86. The molecule has 2 aromatic rings. The highest BCUT2D eigenvalue weighted by atomic mass is 32.1. The Balaban J connectivity index is 1.75. The predicted molar refractivity (Wildman–Crippen MR) is 148 cm³/mol. The maximum Gasteiger partial charge on any atom is 0.308 e. The summed E-state index contributed by atoms with van der Waals surface area (Å²) in [5.41, 5.74) is 0.200. The van der Waals surface area contributed by atoms with Crippen LogP contribution in [-0.2, 0) is 30.3 Å². The molecular weight excluding hydrogens is 540 g/mol. The van der Waals surface area contributed by atoms with Crippen molar-refractivity contribution in [1.82, 2.24) is 20.2 Å². The van der Waals surface area contributed by atoms with Crippen LogP contribution in [0.2, 0.25) is 0 Å². The van der Waals surface area contributed by atoms with Crippen LogP contribution in [-0.4, -0.2) is 64.9 Å². The van der Waals surface area contributed by atoms with Gasteiger partial charge in [-0.1, -0.05) is 20.8 Å². The number of carbonyl (C=O) groups is 4. The maximum absolute atomic E-state index is 13.2. The molecule has 3 rings (SSSR count). The fourth-order valence-corrected chi connectivity index (χ4v) is 6.10. The van der Waals surface area contributed by atoms with Crippen LogP contribution in [0.4, 0.5) is 0 Å². The fourth-order valence-electron chi connectivity index (χ4n) is 4.56. The van der Waals surface area contributed by atoms with Crippen LogP contribution < -0.4 is 5.32 Å². The third-order valence-corrected chi connectivity index (χ3v) is 8.56. The van der Waals surface area contributed by atoms with Gasteiger partial charge in [-0.15, -0.1) is 22.7 Å². The second-order valence-corrected chi connectivity index (χ2v) is 12.3. The van der Waals surface area contributed by atoms with Gasteiger partial charge < -0.3 is 19.7 Å². The molecule has 2 heterocycles. The van der Waals surface area contributed by atoms with E-state index in [9.17, 15) is 19.2 Å². The van der Waals surface area contributed by atoms with Crippen LogP contribution in [0.3, 0.4) is 0 Å². The van der Waals surface area contributed by atoms with Crippen LogP contribution >= 0.6 is 22.7 Å². The number of hydrogen-bond acceptors (Lipinski definition) is 10. The molecule has 0 aliphatic heterocycles. The summed E-state index contributed by atoms with van der Waals surface area (Å²) in [6, 6.07) is -0.523. The first-order valence-corrected chi connectivity index (χ1v) is 14.9. The molecule has 0 spiro atoms. The number of aromatic nitrogens is 2. The molecule has 214 valence electrons. The van der Waals surface area contributed by atoms with Gasteiger partial charge in [-0.2, -0.15) is 0 Å². The van der Waals surface area contributed by atoms with Crippen molar-refractivity contribution >= 4 is 46.4 Å². The van der Waals surface area contributed by atoms with Gasteiger partial charge in [0.15, 0.2) is 6.10 Å². The minimum atomic E-state index is -0.693. The molecule has 1 N–H and O–H groups in total. The van der Waals surface area contributed by atoms with E-state index in [4.69, 9.17) is 9.47 Å². The summed E-state index contributed by atoms with van der Waals surface area (Å²) < 4.78 is 10.5. The molecule has 39 heavy (non-hydrogen) atoms. The molecule has 1 aliphatic rings. The lowest BCUT2D eigenvalue weighted by Crippen LogP contribution is -2.42. The minimum Gasteiger partial charge on any atom is -0.469 e. The molecule has 1 fully saturated rings. The zero-order chi connectivity index (χ0) is 28.7. The lowest BCUT2D eigenvalue weighted by Gasteiger charge is -2.33. The van der Waals surface area contributed by atoms with E-state index in [0.717, 1.165) is 17.8 Å². The quantitative estimate of drug-likeness (QED) is 0.333. The zero-order valence-electron chi connectivity index (χ0n) is 23.3. The number of ether oxygens (including phenoxy) is 2. The number of carbonyl (C=O) groups excluding carboxylic acids is 4. The van der Waals surface area contributed by atoms with Crippen molar-refractivity contribution in [2.45, 2.75) is 78.0 Å². The monoisotopic (exact) mass is 578 g/mol. The molecular formula is C27H38N4O6S2. The van der Waals surface area contributed by atoms with Crippen LogP contribution in [0.1, 0.15) is 80.0 Å². The van der Waals surface area contributed by atoms with Crippen molar-refractivity contribution in [3.63, 3.8) is 0 Å². The number of nitrogens with zero attached hydrogens (tertiary/aromatic N) is 3. The average molecular weight is 579 g/mol. The highest BCUT2D eigenvalue weighted by Crippen LogP contribution is 2.35. The summed E-state index contributed by atoms with van der Waals surface area (Å²) in [5, 5.41) is 7.82. The van der Waals surface area contributed by atoms with E-state index in [-0.39, 0.29) is 47.4 Å². The second-order valence-electron chi connectivity index (χ2n) is 10.4. The molecule has 0 saturated heterocycles. The van der Waals surface area contributed by atoms with E-state index in [2.05, 4.69) is 15.3 Å². The summed E-state index contributed by atoms with van der Waals surface area (Å²) >= 11 is 2.72. The van der Waals surface area contributed by atoms with E-state index in [0.29, 0.717) is 24.3 Å². The predicted octanol–water partition coefficient (Wildman–Crippen LogP) is 4.03. The molecule has 4 atom stereocenters. The smallest absolute Gasteiger partial charge is 0.308 e. The van der Waals surface area contributed by atoms with E-state index in [1.807, 2.05) is 19.2 Å². The Kier molecular flexibility index (Phi) is 11.0. The third kappa shape index (κ3) is 8.82. The van der Waals surface area contributed by atoms with Crippen molar-refractivity contribution < 1.29 is 28.7 Å². The van der Waals surface area contributed by atoms with Crippen LogP contribution in [0.15, 0.2) is 17.0 Å². The Labute approximate surface area is 237 Å². The van der Waals surface area contributed by atoms with Crippen molar-refractivity contribution in [2.75, 3.05) is 14.2 Å². The van der Waals surface area contributed by atoms with Crippen molar-refractivity contribution in [3.05, 3.63) is 32.7 Å². The largest absolute Gasteiger partial charge is 0.469 e. The lowest BCUT2D eigenvalue weighted by molar-refractivity contribution is -0.148. The number of amides is 2. The first-order valence-electron chi connectivity index (χ1n) is 13.2. The van der Waals surface area contributed by atoms with Crippen molar-refractivity contribution in [1.29, 1.82) is 0 Å². The van der Waals surface area contributed by atoms with Crippen LogP contribution in [0, 0.1) is 17.8 Å². The molecule has 2 aromatic heterocycles. The van der Waals surface area contributed by atoms with Gasteiger partial charge >= 0.3 is 11.9 Å². The molecule has 0 bridgehead atoms. The Morgan fingerprint density at radius 1 is 1.15 bits per heavy atom. The summed E-state index contributed by atoms with van der Waals surface area (Å²) in [6.45, 7) is 7.16. The molecule has 1 aliphatic carbocycles. The lowest BCUT2D eigenvalue weighted by atomic mass is 9.96. The summed E-state index contributed by atoms with van der Waals surface area (Å²) in [4.78, 5) is 60.6. The van der Waals surface area contributed by atoms with Gasteiger partial charge in [-0.3, -0.25) is 19.2 Å². The fraction of sp³-hybridized carbons (Fsp3) is 0.630. The standard InChI is InChI=1S/C27H38N4O6S2/c1-15(2)21(31(5)26(34)18-7-8-18)13-22(37-17(4)32)25-30-20(14-39-25)24(33)29-19(11-16(3)27(35)36-6)12-23-28-9-10-38-23/h9-10,14-16,18-19,21-22H,7-8,11-13H2,1-6H3,(H,29,33)/t16-,19+,21?,22+/m0/s1. The van der Waals surface area contributed by atoms with Gasteiger partial charge in [0.1, 0.15) is 10.7 Å². The topological polar surface area (TPSA) is 128 Å². The van der Waals surface area contributed by atoms with Crippen LogP contribution in [0.25, 0.3) is 0 Å². The van der Waals surface area contributed by atoms with Gasteiger partial charge in [0, 0.05) is 61.8 Å². The van der Waals surface area contributed by atoms with Gasteiger partial charge in [0.05, 0.1) is 18.0 Å². The van der Waals surface area contributed by atoms with Gasteiger partial charge in [0.25, 0.3) is 5.91 Å². The number of rotatable bonds is 14. The van der Waals surface area contributed by atoms with E-state index in [1.165, 1.54) is 36.7 Å². The van der Waals surface area contributed by atoms with Crippen molar-refractivity contribution in [3.8, 4) is 0 Å². The molecule has 2 amide bonds. The molecule has 1 saturated carbocycles. The number of nitrogens with one attached hydrogen (secondary N) is 1. The van der Waals surface area contributed by atoms with E-state index < -0.39 is 18.0 Å². The van der Waals surface area contributed by atoms with E-state index >= 15 is 0 Å². The normalized spacial score (nSPS) is 16.2. The molecule has 10 nitrogen and oxygen atoms in total. The van der Waals surface area contributed by atoms with Crippen LogP contribution in [0.5, 0.6) is 0 Å². The number of thiazole rings is 2. The summed E-state index contributed by atoms with van der Waals surface area (Å²) in [6.07, 6.45) is 4.05. The molecule has 0 radical (unpaired) electrons. The minimum absolute atomic E-state index is 0.0813. The summed E-state index contributed by atoms with van der Waals surface area (Å²) in [7, 11) is 3.14. The van der Waals surface area contributed by atoms with E-state index in [1.54, 1.807) is 30.4 Å². The third-order valence-electron chi connectivity index (χ3n) is 6.82. The number of methoxy groups -OCH3 is 1. The maximum atomic E-state index is 13.2. The van der Waals surface area contributed by atoms with Gasteiger partial charge in [-0.25, -0.2) is 9.97 Å². The second kappa shape index (κ2) is 14.0. The Morgan fingerprint density at radius 2 is 1.87 bits per heavy atom. The Bertz CT molecular complexity index is 1130. The van der Waals surface area contributed by atoms with Gasteiger partial charge in [0.2, 0.25) is 5.91 Å². The Morgan fingerprint density at radius 3 is 2.44 bits per heavy atom.